The van der Waals surface area contributed by atoms with Crippen molar-refractivity contribution in [2.75, 3.05) is 17.2 Å². The smallest absolute Gasteiger partial charge is 0.135 e. The summed E-state index contributed by atoms with van der Waals surface area (Å²) in [5.74, 6) is 2.70. The summed E-state index contributed by atoms with van der Waals surface area (Å²) >= 11 is 0. The number of rotatable bonds is 6. The van der Waals surface area contributed by atoms with Crippen LogP contribution in [0.15, 0.2) is 30.3 Å². The summed E-state index contributed by atoms with van der Waals surface area (Å²) in [6.45, 7) is 7.82. The highest BCUT2D eigenvalue weighted by molar-refractivity contribution is 5.57. The Hall–Kier alpha value is -2.10. The third kappa shape index (κ3) is 3.47. The molecule has 0 spiro atoms. The van der Waals surface area contributed by atoms with Gasteiger partial charge >= 0.3 is 0 Å². The Bertz CT molecular complexity index is 552. The molecule has 0 atom stereocenters. The molecule has 2 N–H and O–H groups in total. The zero-order valence-electron chi connectivity index (χ0n) is 12.4. The lowest BCUT2D eigenvalue weighted by molar-refractivity contribution is 0.919. The zero-order chi connectivity index (χ0) is 14.4. The summed E-state index contributed by atoms with van der Waals surface area (Å²) in [4.78, 5) is 9.12. The normalized spacial score (nSPS) is 10.3. The minimum Gasteiger partial charge on any atom is -0.370 e. The van der Waals surface area contributed by atoms with E-state index >= 15 is 0 Å². The summed E-state index contributed by atoms with van der Waals surface area (Å²) in [6.07, 6.45) is 0.832. The molecule has 0 aliphatic rings. The van der Waals surface area contributed by atoms with Gasteiger partial charge in [-0.2, -0.15) is 0 Å². The molecule has 1 heterocycles. The fraction of sp³-hybridized carbons (Fsp3) is 0.375. The molecule has 0 fully saturated rings. The van der Waals surface area contributed by atoms with Gasteiger partial charge in [-0.25, -0.2) is 9.97 Å². The molecular weight excluding hydrogens is 248 g/mol. The predicted octanol–water partition coefficient (Wildman–Crippen LogP) is 3.39. The summed E-state index contributed by atoms with van der Waals surface area (Å²) in [6, 6.07) is 10.3. The average molecular weight is 270 g/mol. The van der Waals surface area contributed by atoms with E-state index in [4.69, 9.17) is 0 Å². The molecule has 1 aromatic heterocycles. The highest BCUT2D eigenvalue weighted by Crippen LogP contribution is 2.20. The molecular formula is C16H22N4. The first-order valence-electron chi connectivity index (χ1n) is 7.13. The standard InChI is InChI=1S/C16H22N4/c1-4-14-19-15(17-5-2)12(3)16(20-14)18-11-13-9-7-6-8-10-13/h6-10H,4-5,11H2,1-3H3,(H2,17,18,19,20). The number of aromatic nitrogens is 2. The summed E-state index contributed by atoms with van der Waals surface area (Å²) < 4.78 is 0. The minimum absolute atomic E-state index is 0.771. The molecule has 0 aliphatic heterocycles. The van der Waals surface area contributed by atoms with E-state index in [0.717, 1.165) is 42.5 Å². The number of anilines is 2. The first-order valence-corrected chi connectivity index (χ1v) is 7.13. The summed E-state index contributed by atoms with van der Waals surface area (Å²) in [7, 11) is 0. The van der Waals surface area contributed by atoms with Crippen LogP contribution in [-0.2, 0) is 13.0 Å². The Balaban J connectivity index is 2.19. The van der Waals surface area contributed by atoms with Crippen LogP contribution < -0.4 is 10.6 Å². The Morgan fingerprint density at radius 1 is 0.950 bits per heavy atom. The summed E-state index contributed by atoms with van der Waals surface area (Å²) in [5.41, 5.74) is 2.31. The van der Waals surface area contributed by atoms with Crippen molar-refractivity contribution in [1.29, 1.82) is 0 Å². The monoisotopic (exact) mass is 270 g/mol. The van der Waals surface area contributed by atoms with Gasteiger partial charge in [-0.15, -0.1) is 0 Å². The second-order valence-electron chi connectivity index (χ2n) is 4.69. The molecule has 2 aromatic rings. The van der Waals surface area contributed by atoms with Crippen molar-refractivity contribution in [1.82, 2.24) is 9.97 Å². The average Bonchev–Trinajstić information content (AvgIpc) is 2.49. The van der Waals surface area contributed by atoms with Gasteiger partial charge in [0.25, 0.3) is 0 Å². The van der Waals surface area contributed by atoms with Crippen molar-refractivity contribution in [2.24, 2.45) is 0 Å². The lowest BCUT2D eigenvalue weighted by Crippen LogP contribution is -2.11. The lowest BCUT2D eigenvalue weighted by atomic mass is 10.2. The molecule has 0 saturated heterocycles. The van der Waals surface area contributed by atoms with E-state index < -0.39 is 0 Å². The molecule has 0 aliphatic carbocycles. The van der Waals surface area contributed by atoms with Crippen LogP contribution in [0.2, 0.25) is 0 Å². The number of aryl methyl sites for hydroxylation is 1. The molecule has 4 heteroatoms. The van der Waals surface area contributed by atoms with E-state index in [1.54, 1.807) is 0 Å². The third-order valence-electron chi connectivity index (χ3n) is 3.16. The maximum absolute atomic E-state index is 4.59. The largest absolute Gasteiger partial charge is 0.370 e. The molecule has 0 saturated carbocycles. The van der Waals surface area contributed by atoms with Gasteiger partial charge in [0.1, 0.15) is 17.5 Å². The van der Waals surface area contributed by atoms with E-state index in [-0.39, 0.29) is 0 Å². The number of benzene rings is 1. The number of nitrogens with zero attached hydrogens (tertiary/aromatic N) is 2. The van der Waals surface area contributed by atoms with Gasteiger partial charge in [0.2, 0.25) is 0 Å². The SMILES string of the molecule is CCNc1nc(CC)nc(NCc2ccccc2)c1C. The molecule has 4 nitrogen and oxygen atoms in total. The van der Waals surface area contributed by atoms with Crippen molar-refractivity contribution in [2.45, 2.75) is 33.7 Å². The van der Waals surface area contributed by atoms with Gasteiger partial charge in [0.05, 0.1) is 0 Å². The van der Waals surface area contributed by atoms with Gasteiger partial charge in [-0.1, -0.05) is 37.3 Å². The van der Waals surface area contributed by atoms with Crippen molar-refractivity contribution < 1.29 is 0 Å². The van der Waals surface area contributed by atoms with Gasteiger partial charge in [-0.05, 0) is 19.4 Å². The topological polar surface area (TPSA) is 49.8 Å². The van der Waals surface area contributed by atoms with E-state index in [9.17, 15) is 0 Å². The van der Waals surface area contributed by atoms with Crippen LogP contribution in [0.25, 0.3) is 0 Å². The van der Waals surface area contributed by atoms with Crippen LogP contribution in [0.3, 0.4) is 0 Å². The maximum atomic E-state index is 4.59. The first kappa shape index (κ1) is 14.3. The molecule has 20 heavy (non-hydrogen) atoms. The maximum Gasteiger partial charge on any atom is 0.135 e. The minimum atomic E-state index is 0.771. The van der Waals surface area contributed by atoms with E-state index in [1.165, 1.54) is 5.56 Å². The fourth-order valence-electron chi connectivity index (χ4n) is 2.01. The van der Waals surface area contributed by atoms with Crippen molar-refractivity contribution in [3.05, 3.63) is 47.3 Å². The predicted molar refractivity (Wildman–Crippen MR) is 84.1 cm³/mol. The van der Waals surface area contributed by atoms with Crippen molar-refractivity contribution in [3.63, 3.8) is 0 Å². The van der Waals surface area contributed by atoms with Gasteiger partial charge < -0.3 is 10.6 Å². The number of nitrogens with one attached hydrogen (secondary N) is 2. The van der Waals surface area contributed by atoms with Crippen LogP contribution in [0.4, 0.5) is 11.6 Å². The zero-order valence-corrected chi connectivity index (χ0v) is 12.4. The second-order valence-corrected chi connectivity index (χ2v) is 4.69. The molecule has 0 amide bonds. The van der Waals surface area contributed by atoms with E-state index in [0.29, 0.717) is 0 Å². The van der Waals surface area contributed by atoms with Gasteiger partial charge in [-0.3, -0.25) is 0 Å². The van der Waals surface area contributed by atoms with Crippen LogP contribution >= 0.6 is 0 Å². The summed E-state index contributed by atoms with van der Waals surface area (Å²) in [5, 5.41) is 6.71. The quantitative estimate of drug-likeness (QED) is 0.844. The van der Waals surface area contributed by atoms with E-state index in [2.05, 4.69) is 46.6 Å². The number of hydrogen-bond acceptors (Lipinski definition) is 4. The Morgan fingerprint density at radius 2 is 1.60 bits per heavy atom. The molecule has 0 radical (unpaired) electrons. The second kappa shape index (κ2) is 6.89. The Morgan fingerprint density at radius 3 is 2.20 bits per heavy atom. The van der Waals surface area contributed by atoms with Crippen LogP contribution in [0, 0.1) is 6.92 Å². The fourth-order valence-corrected chi connectivity index (χ4v) is 2.01. The van der Waals surface area contributed by atoms with Gasteiger partial charge in [0, 0.05) is 25.1 Å². The third-order valence-corrected chi connectivity index (χ3v) is 3.16. The lowest BCUT2D eigenvalue weighted by Gasteiger charge is -2.14. The van der Waals surface area contributed by atoms with Crippen molar-refractivity contribution >= 4 is 11.6 Å². The molecule has 106 valence electrons. The molecule has 0 bridgehead atoms. The Labute approximate surface area is 120 Å². The number of hydrogen-bond donors (Lipinski definition) is 2. The Kier molecular flexibility index (Phi) is 4.93. The highest BCUT2D eigenvalue weighted by Gasteiger charge is 2.09. The van der Waals surface area contributed by atoms with Crippen molar-refractivity contribution in [3.8, 4) is 0 Å². The van der Waals surface area contributed by atoms with E-state index in [1.807, 2.05) is 25.1 Å². The van der Waals surface area contributed by atoms with Crippen LogP contribution in [0.5, 0.6) is 0 Å². The molecule has 2 rings (SSSR count). The molecule has 0 unspecified atom stereocenters. The molecule has 1 aromatic carbocycles. The van der Waals surface area contributed by atoms with Crippen LogP contribution in [0.1, 0.15) is 30.8 Å². The first-order chi connectivity index (χ1) is 9.74. The van der Waals surface area contributed by atoms with Gasteiger partial charge in [0.15, 0.2) is 0 Å². The van der Waals surface area contributed by atoms with Crippen LogP contribution in [-0.4, -0.2) is 16.5 Å². The highest BCUT2D eigenvalue weighted by atomic mass is 15.1.